The third kappa shape index (κ3) is 7.47. The average Bonchev–Trinajstić information content (AvgIpc) is 2.82. The first-order chi connectivity index (χ1) is 16.4. The van der Waals surface area contributed by atoms with Crippen LogP contribution in [0.5, 0.6) is 0 Å². The first-order valence-corrected chi connectivity index (χ1v) is 12.3. The van der Waals surface area contributed by atoms with E-state index in [0.29, 0.717) is 38.0 Å². The Morgan fingerprint density at radius 2 is 1.79 bits per heavy atom. The van der Waals surface area contributed by atoms with E-state index < -0.39 is 12.0 Å². The summed E-state index contributed by atoms with van der Waals surface area (Å²) in [4.78, 5) is 29.3. The molecule has 1 fully saturated rings. The fourth-order valence-corrected chi connectivity index (χ4v) is 4.87. The highest BCUT2D eigenvalue weighted by atomic mass is 19.1. The molecule has 0 radical (unpaired) electrons. The van der Waals surface area contributed by atoms with Gasteiger partial charge in [0.05, 0.1) is 5.92 Å². The quantitative estimate of drug-likeness (QED) is 0.505. The number of benzene rings is 2. The highest BCUT2D eigenvalue weighted by Gasteiger charge is 2.36. The lowest BCUT2D eigenvalue weighted by Gasteiger charge is -2.43. The van der Waals surface area contributed by atoms with Gasteiger partial charge in [-0.3, -0.25) is 9.69 Å². The maximum absolute atomic E-state index is 13.6. The van der Waals surface area contributed by atoms with Crippen LogP contribution in [-0.4, -0.2) is 58.9 Å². The molecule has 6 heteroatoms. The molecule has 1 aliphatic heterocycles. The first-order valence-electron chi connectivity index (χ1n) is 12.3. The molecule has 0 aliphatic carbocycles. The average molecular weight is 469 g/mol. The molecule has 2 aromatic carbocycles. The van der Waals surface area contributed by atoms with E-state index in [4.69, 9.17) is 0 Å². The number of hydrogen-bond acceptors (Lipinski definition) is 4. The maximum Gasteiger partial charge on any atom is 0.229 e. The molecule has 0 spiro atoms. The van der Waals surface area contributed by atoms with Gasteiger partial charge in [0, 0.05) is 32.2 Å². The molecule has 1 heterocycles. The van der Waals surface area contributed by atoms with Crippen LogP contribution in [0, 0.1) is 17.7 Å². The van der Waals surface area contributed by atoms with E-state index in [1.54, 1.807) is 12.1 Å². The van der Waals surface area contributed by atoms with Gasteiger partial charge in [-0.15, -0.1) is 0 Å². The Kier molecular flexibility index (Phi) is 9.78. The highest BCUT2D eigenvalue weighted by Crippen LogP contribution is 2.24. The van der Waals surface area contributed by atoms with Gasteiger partial charge in [-0.25, -0.2) is 4.39 Å². The van der Waals surface area contributed by atoms with Gasteiger partial charge in [-0.05, 0) is 54.9 Å². The number of amides is 1. The van der Waals surface area contributed by atoms with E-state index in [2.05, 4.69) is 30.9 Å². The molecule has 34 heavy (non-hydrogen) atoms. The SMILES string of the molecule is CC(C)C[C@H]1CN(Cc2ccccc2)CCN1C(=O)[C@H](CCCc1ccc(F)cc1)[C@H](O)C=O. The number of carbonyl (C=O) groups excluding carboxylic acids is 2. The lowest BCUT2D eigenvalue weighted by Crippen LogP contribution is -2.57. The number of halogens is 1. The van der Waals surface area contributed by atoms with Crippen LogP contribution in [-0.2, 0) is 22.6 Å². The van der Waals surface area contributed by atoms with Crippen molar-refractivity contribution in [1.82, 2.24) is 9.80 Å². The molecule has 0 unspecified atom stereocenters. The monoisotopic (exact) mass is 468 g/mol. The summed E-state index contributed by atoms with van der Waals surface area (Å²) in [7, 11) is 0. The van der Waals surface area contributed by atoms with Crippen LogP contribution >= 0.6 is 0 Å². The van der Waals surface area contributed by atoms with E-state index >= 15 is 0 Å². The van der Waals surface area contributed by atoms with Crippen molar-refractivity contribution in [2.24, 2.45) is 11.8 Å². The minimum absolute atomic E-state index is 0.0448. The van der Waals surface area contributed by atoms with Crippen LogP contribution in [0.4, 0.5) is 4.39 Å². The van der Waals surface area contributed by atoms with E-state index in [1.807, 2.05) is 23.1 Å². The number of aryl methyl sites for hydroxylation is 1. The van der Waals surface area contributed by atoms with Crippen molar-refractivity contribution in [2.75, 3.05) is 19.6 Å². The van der Waals surface area contributed by atoms with Crippen LogP contribution < -0.4 is 0 Å². The molecule has 1 saturated heterocycles. The van der Waals surface area contributed by atoms with Crippen LogP contribution in [0.25, 0.3) is 0 Å². The summed E-state index contributed by atoms with van der Waals surface area (Å²) in [5.41, 5.74) is 2.22. The fourth-order valence-electron chi connectivity index (χ4n) is 4.87. The van der Waals surface area contributed by atoms with E-state index in [0.717, 1.165) is 31.6 Å². The Morgan fingerprint density at radius 3 is 2.44 bits per heavy atom. The second-order valence-electron chi connectivity index (χ2n) is 9.79. The molecule has 0 bridgehead atoms. The van der Waals surface area contributed by atoms with Crippen LogP contribution in [0.2, 0.25) is 0 Å². The minimum atomic E-state index is -1.32. The molecule has 184 valence electrons. The predicted molar refractivity (Wildman–Crippen MR) is 132 cm³/mol. The molecular formula is C28H37FN2O3. The van der Waals surface area contributed by atoms with Crippen molar-refractivity contribution in [3.63, 3.8) is 0 Å². The predicted octanol–water partition coefficient (Wildman–Crippen LogP) is 4.08. The van der Waals surface area contributed by atoms with Crippen molar-refractivity contribution in [3.8, 4) is 0 Å². The molecule has 3 atom stereocenters. The Labute approximate surface area is 202 Å². The van der Waals surface area contributed by atoms with Crippen LogP contribution in [0.15, 0.2) is 54.6 Å². The third-order valence-corrected chi connectivity index (χ3v) is 6.61. The smallest absolute Gasteiger partial charge is 0.229 e. The number of aliphatic hydroxyl groups is 1. The summed E-state index contributed by atoms with van der Waals surface area (Å²) in [6.07, 6.45) is 1.74. The number of piperazine rings is 1. The van der Waals surface area contributed by atoms with Crippen molar-refractivity contribution in [3.05, 3.63) is 71.5 Å². The molecule has 0 saturated carbocycles. The summed E-state index contributed by atoms with van der Waals surface area (Å²) in [6.45, 7) is 7.27. The number of nitrogens with zero attached hydrogens (tertiary/aromatic N) is 2. The zero-order chi connectivity index (χ0) is 24.5. The normalized spacial score (nSPS) is 18.6. The number of hydrogen-bond donors (Lipinski definition) is 1. The molecule has 1 amide bonds. The van der Waals surface area contributed by atoms with Gasteiger partial charge in [0.2, 0.25) is 5.91 Å². The lowest BCUT2D eigenvalue weighted by molar-refractivity contribution is -0.147. The van der Waals surface area contributed by atoms with Gasteiger partial charge >= 0.3 is 0 Å². The second kappa shape index (κ2) is 12.8. The van der Waals surface area contributed by atoms with Gasteiger partial charge in [-0.2, -0.15) is 0 Å². The number of aldehydes is 1. The molecule has 2 aromatic rings. The Balaban J connectivity index is 1.66. The van der Waals surface area contributed by atoms with Crippen molar-refractivity contribution in [1.29, 1.82) is 0 Å². The van der Waals surface area contributed by atoms with Gasteiger partial charge in [-0.1, -0.05) is 56.3 Å². The maximum atomic E-state index is 13.6. The molecule has 3 rings (SSSR count). The number of aliphatic hydroxyl groups excluding tert-OH is 1. The molecule has 5 nitrogen and oxygen atoms in total. The summed E-state index contributed by atoms with van der Waals surface area (Å²) in [6, 6.07) is 16.7. The van der Waals surface area contributed by atoms with Gasteiger partial charge in [0.25, 0.3) is 0 Å². The fraction of sp³-hybridized carbons (Fsp3) is 0.500. The zero-order valence-corrected chi connectivity index (χ0v) is 20.3. The van der Waals surface area contributed by atoms with Crippen LogP contribution in [0.1, 0.15) is 44.2 Å². The number of rotatable bonds is 11. The summed E-state index contributed by atoms with van der Waals surface area (Å²) in [5, 5.41) is 10.4. The molecule has 1 N–H and O–H groups in total. The summed E-state index contributed by atoms with van der Waals surface area (Å²) in [5.74, 6) is -0.752. The minimum Gasteiger partial charge on any atom is -0.385 e. The Bertz CT molecular complexity index is 904. The summed E-state index contributed by atoms with van der Waals surface area (Å²) >= 11 is 0. The van der Waals surface area contributed by atoms with Gasteiger partial charge in [0.15, 0.2) is 0 Å². The van der Waals surface area contributed by atoms with Gasteiger partial charge in [0.1, 0.15) is 18.2 Å². The van der Waals surface area contributed by atoms with Crippen molar-refractivity contribution < 1.29 is 19.1 Å². The third-order valence-electron chi connectivity index (χ3n) is 6.61. The zero-order valence-electron chi connectivity index (χ0n) is 20.3. The van der Waals surface area contributed by atoms with Gasteiger partial charge < -0.3 is 14.8 Å². The summed E-state index contributed by atoms with van der Waals surface area (Å²) < 4.78 is 13.2. The van der Waals surface area contributed by atoms with E-state index in [9.17, 15) is 19.1 Å². The Hall–Kier alpha value is -2.57. The van der Waals surface area contributed by atoms with E-state index in [1.165, 1.54) is 17.7 Å². The number of carbonyl (C=O) groups is 2. The molecule has 1 aliphatic rings. The highest BCUT2D eigenvalue weighted by molar-refractivity contribution is 5.83. The van der Waals surface area contributed by atoms with Crippen molar-refractivity contribution >= 4 is 12.2 Å². The largest absolute Gasteiger partial charge is 0.385 e. The van der Waals surface area contributed by atoms with E-state index in [-0.39, 0.29) is 17.8 Å². The van der Waals surface area contributed by atoms with Crippen LogP contribution in [0.3, 0.4) is 0 Å². The Morgan fingerprint density at radius 1 is 1.09 bits per heavy atom. The lowest BCUT2D eigenvalue weighted by atomic mass is 9.91. The first kappa shape index (κ1) is 26.0. The standard InChI is InChI=1S/C28H37FN2O3/c1-21(2)17-25-19-30(18-23-7-4-3-5-8-23)15-16-31(25)28(34)26(27(33)20-32)10-6-9-22-11-13-24(29)14-12-22/h3-5,7-8,11-14,20-21,25-27,33H,6,9-10,15-19H2,1-2H3/t25-,26+,27+/m0/s1. The van der Waals surface area contributed by atoms with Crippen molar-refractivity contribution in [2.45, 2.75) is 58.2 Å². The molecular weight excluding hydrogens is 431 g/mol. The second-order valence-corrected chi connectivity index (χ2v) is 9.79. The molecule has 0 aromatic heterocycles. The topological polar surface area (TPSA) is 60.9 Å².